The van der Waals surface area contributed by atoms with Gasteiger partial charge in [0.05, 0.1) is 17.1 Å². The zero-order valence-electron chi connectivity index (χ0n) is 16.7. The number of nitrogens with zero attached hydrogens (tertiary/aromatic N) is 4. The molecule has 1 saturated heterocycles. The summed E-state index contributed by atoms with van der Waals surface area (Å²) in [5.41, 5.74) is 2.88. The normalized spacial score (nSPS) is 16.2. The number of carbonyl (C=O) groups excluding carboxylic acids is 1. The van der Waals surface area contributed by atoms with Crippen molar-refractivity contribution in [2.24, 2.45) is 0 Å². The number of imidazole rings is 1. The van der Waals surface area contributed by atoms with Gasteiger partial charge in [-0.25, -0.2) is 4.98 Å². The van der Waals surface area contributed by atoms with Crippen LogP contribution in [0.2, 0.25) is 0 Å². The highest BCUT2D eigenvalue weighted by Crippen LogP contribution is 2.27. The third kappa shape index (κ3) is 3.67. The molecule has 0 saturated carbocycles. The number of piperidine rings is 1. The number of likely N-dealkylation sites (tertiary alicyclic amines) is 1. The highest BCUT2D eigenvalue weighted by Gasteiger charge is 2.25. The molecule has 0 unspecified atom stereocenters. The molecule has 2 aromatic carbocycles. The van der Waals surface area contributed by atoms with E-state index in [4.69, 9.17) is 4.98 Å². The van der Waals surface area contributed by atoms with Crippen LogP contribution in [0.5, 0.6) is 0 Å². The Labute approximate surface area is 166 Å². The Bertz CT molecular complexity index is 944. The van der Waals surface area contributed by atoms with Crippen LogP contribution >= 0.6 is 0 Å². The van der Waals surface area contributed by atoms with E-state index in [-0.39, 0.29) is 11.9 Å². The zero-order valence-corrected chi connectivity index (χ0v) is 16.7. The van der Waals surface area contributed by atoms with Crippen molar-refractivity contribution in [1.29, 1.82) is 0 Å². The minimum Gasteiger partial charge on any atom is -0.317 e. The highest BCUT2D eigenvalue weighted by molar-refractivity contribution is 5.93. The summed E-state index contributed by atoms with van der Waals surface area (Å²) in [5, 5.41) is 0. The van der Waals surface area contributed by atoms with Gasteiger partial charge in [0.1, 0.15) is 12.4 Å². The Morgan fingerprint density at radius 3 is 2.46 bits per heavy atom. The minimum atomic E-state index is 0.0569. The summed E-state index contributed by atoms with van der Waals surface area (Å²) in [4.78, 5) is 22.2. The topological polar surface area (TPSA) is 41.4 Å². The molecule has 1 aliphatic heterocycles. The Balaban J connectivity index is 1.66. The lowest BCUT2D eigenvalue weighted by atomic mass is 10.1. The van der Waals surface area contributed by atoms with E-state index in [0.717, 1.165) is 35.6 Å². The third-order valence-corrected chi connectivity index (χ3v) is 5.81. The van der Waals surface area contributed by atoms with Gasteiger partial charge in [-0.3, -0.25) is 9.69 Å². The molecule has 3 aromatic rings. The monoisotopic (exact) mass is 376 g/mol. The van der Waals surface area contributed by atoms with Gasteiger partial charge in [0.2, 0.25) is 5.91 Å². The predicted octanol–water partition coefficient (Wildman–Crippen LogP) is 4.25. The van der Waals surface area contributed by atoms with Crippen molar-refractivity contribution >= 4 is 22.6 Å². The molecule has 0 spiro atoms. The van der Waals surface area contributed by atoms with E-state index in [1.54, 1.807) is 4.90 Å². The van der Waals surface area contributed by atoms with Crippen LogP contribution in [0.3, 0.4) is 0 Å². The van der Waals surface area contributed by atoms with Crippen LogP contribution in [0.15, 0.2) is 54.6 Å². The molecule has 1 atom stereocenters. The molecule has 0 N–H and O–H groups in total. The maximum atomic E-state index is 13.1. The fraction of sp³-hybridized carbons (Fsp3) is 0.391. The third-order valence-electron chi connectivity index (χ3n) is 5.81. The maximum absolute atomic E-state index is 13.1. The number of para-hydroxylation sites is 3. The molecule has 1 fully saturated rings. The standard InChI is InChI=1S/C23H28N4O/c1-18(26-15-9-4-10-16-26)23-24-20-13-7-8-14-21(20)27(23)17-22(28)25(2)19-11-5-3-6-12-19/h3,5-8,11-14,18H,4,9-10,15-17H2,1-2H3/t18-/m1/s1. The number of aromatic nitrogens is 2. The number of rotatable bonds is 5. The van der Waals surface area contributed by atoms with Gasteiger partial charge in [-0.15, -0.1) is 0 Å². The summed E-state index contributed by atoms with van der Waals surface area (Å²) in [6.07, 6.45) is 3.78. The fourth-order valence-electron chi connectivity index (χ4n) is 4.09. The molecule has 0 bridgehead atoms. The summed E-state index contributed by atoms with van der Waals surface area (Å²) in [6.45, 7) is 4.71. The zero-order chi connectivity index (χ0) is 19.5. The lowest BCUT2D eigenvalue weighted by molar-refractivity contribution is -0.118. The van der Waals surface area contributed by atoms with Crippen LogP contribution in [-0.2, 0) is 11.3 Å². The Morgan fingerprint density at radius 1 is 1.04 bits per heavy atom. The first kappa shape index (κ1) is 18.7. The molecule has 5 nitrogen and oxygen atoms in total. The molecule has 146 valence electrons. The Hall–Kier alpha value is -2.66. The molecule has 4 rings (SSSR count). The lowest BCUT2D eigenvalue weighted by Crippen LogP contribution is -2.35. The van der Waals surface area contributed by atoms with Gasteiger partial charge in [-0.2, -0.15) is 0 Å². The SMILES string of the molecule is C[C@H](c1nc2ccccc2n1CC(=O)N(C)c1ccccc1)N1CCCCC1. The number of carbonyl (C=O) groups is 1. The van der Waals surface area contributed by atoms with Crippen molar-refractivity contribution in [3.63, 3.8) is 0 Å². The second-order valence-corrected chi connectivity index (χ2v) is 7.61. The lowest BCUT2D eigenvalue weighted by Gasteiger charge is -2.32. The number of hydrogen-bond donors (Lipinski definition) is 0. The van der Waals surface area contributed by atoms with Crippen LogP contribution in [-0.4, -0.2) is 40.5 Å². The first-order chi connectivity index (χ1) is 13.6. The van der Waals surface area contributed by atoms with Crippen LogP contribution in [0.4, 0.5) is 5.69 Å². The van der Waals surface area contributed by atoms with Gasteiger partial charge in [0, 0.05) is 12.7 Å². The molecule has 0 radical (unpaired) electrons. The number of amides is 1. The van der Waals surface area contributed by atoms with Gasteiger partial charge in [0.25, 0.3) is 0 Å². The molecule has 5 heteroatoms. The van der Waals surface area contributed by atoms with Gasteiger partial charge < -0.3 is 9.47 Å². The second kappa shape index (κ2) is 8.15. The molecular formula is C23H28N4O. The smallest absolute Gasteiger partial charge is 0.246 e. The van der Waals surface area contributed by atoms with Crippen molar-refractivity contribution in [3.8, 4) is 0 Å². The average molecular weight is 377 g/mol. The number of fused-ring (bicyclic) bond motifs is 1. The van der Waals surface area contributed by atoms with Crippen LogP contribution < -0.4 is 4.90 Å². The van der Waals surface area contributed by atoms with Gasteiger partial charge in [-0.1, -0.05) is 36.8 Å². The van der Waals surface area contributed by atoms with Crippen molar-refractivity contribution in [1.82, 2.24) is 14.5 Å². The molecule has 1 aromatic heterocycles. The minimum absolute atomic E-state index is 0.0569. The quantitative estimate of drug-likeness (QED) is 0.669. The van der Waals surface area contributed by atoms with E-state index in [9.17, 15) is 4.79 Å². The first-order valence-corrected chi connectivity index (χ1v) is 10.2. The number of hydrogen-bond acceptors (Lipinski definition) is 3. The summed E-state index contributed by atoms with van der Waals surface area (Å²) >= 11 is 0. The van der Waals surface area contributed by atoms with Crippen molar-refractivity contribution in [2.75, 3.05) is 25.0 Å². The Kier molecular flexibility index (Phi) is 5.44. The van der Waals surface area contributed by atoms with Crippen LogP contribution in [0.25, 0.3) is 11.0 Å². The number of likely N-dealkylation sites (N-methyl/N-ethyl adjacent to an activating group) is 1. The van der Waals surface area contributed by atoms with Gasteiger partial charge in [0.15, 0.2) is 0 Å². The van der Waals surface area contributed by atoms with E-state index < -0.39 is 0 Å². The summed E-state index contributed by atoms with van der Waals surface area (Å²) < 4.78 is 2.11. The maximum Gasteiger partial charge on any atom is 0.246 e. The summed E-state index contributed by atoms with van der Waals surface area (Å²) in [5.74, 6) is 1.04. The van der Waals surface area contributed by atoms with E-state index >= 15 is 0 Å². The Morgan fingerprint density at radius 2 is 1.71 bits per heavy atom. The molecule has 2 heterocycles. The van der Waals surface area contributed by atoms with E-state index in [0.29, 0.717) is 6.54 Å². The average Bonchev–Trinajstić information content (AvgIpc) is 3.12. The number of benzene rings is 2. The summed E-state index contributed by atoms with van der Waals surface area (Å²) in [6, 6.07) is 18.1. The van der Waals surface area contributed by atoms with Gasteiger partial charge >= 0.3 is 0 Å². The van der Waals surface area contributed by atoms with Gasteiger partial charge in [-0.05, 0) is 57.1 Å². The molecular weight excluding hydrogens is 348 g/mol. The largest absolute Gasteiger partial charge is 0.317 e. The molecule has 0 aliphatic carbocycles. The van der Waals surface area contributed by atoms with E-state index in [1.165, 1.54) is 19.3 Å². The molecule has 1 amide bonds. The molecule has 1 aliphatic rings. The van der Waals surface area contributed by atoms with E-state index in [1.807, 2.05) is 55.6 Å². The van der Waals surface area contributed by atoms with Crippen molar-refractivity contribution < 1.29 is 4.79 Å². The first-order valence-electron chi connectivity index (χ1n) is 10.2. The molecule has 28 heavy (non-hydrogen) atoms. The number of anilines is 1. The second-order valence-electron chi connectivity index (χ2n) is 7.61. The summed E-state index contributed by atoms with van der Waals surface area (Å²) in [7, 11) is 1.84. The highest BCUT2D eigenvalue weighted by atomic mass is 16.2. The fourth-order valence-corrected chi connectivity index (χ4v) is 4.09. The van der Waals surface area contributed by atoms with E-state index in [2.05, 4.69) is 22.5 Å². The van der Waals surface area contributed by atoms with Crippen LogP contribution in [0.1, 0.15) is 38.1 Å². The van der Waals surface area contributed by atoms with Crippen molar-refractivity contribution in [2.45, 2.75) is 38.8 Å². The van der Waals surface area contributed by atoms with Crippen LogP contribution in [0, 0.1) is 0 Å². The predicted molar refractivity (Wildman–Crippen MR) is 113 cm³/mol. The van der Waals surface area contributed by atoms with Crippen molar-refractivity contribution in [3.05, 3.63) is 60.4 Å².